The number of nitrogens with one attached hydrogen (secondary N) is 1. The lowest BCUT2D eigenvalue weighted by Crippen LogP contribution is -2.32. The van der Waals surface area contributed by atoms with Gasteiger partial charge in [-0.05, 0) is 42.2 Å². The number of carbonyl (C=O) groups is 2. The highest BCUT2D eigenvalue weighted by Gasteiger charge is 2.32. The third-order valence-electron chi connectivity index (χ3n) is 6.33. The molecule has 1 fully saturated rings. The summed E-state index contributed by atoms with van der Waals surface area (Å²) in [5, 5.41) is 33.6. The summed E-state index contributed by atoms with van der Waals surface area (Å²) in [5.41, 5.74) is 3.21. The van der Waals surface area contributed by atoms with E-state index in [1.807, 2.05) is 42.5 Å². The van der Waals surface area contributed by atoms with Crippen LogP contribution in [0.25, 0.3) is 0 Å². The number of anilines is 1. The Morgan fingerprint density at radius 1 is 0.974 bits per heavy atom. The Bertz CT molecular complexity index is 1240. The summed E-state index contributed by atoms with van der Waals surface area (Å²) in [6.07, 6.45) is 2.26. The molecule has 1 aliphatic rings. The largest absolute Gasteiger partial charge is 0.618 e. The standard InChI is InChI=1S/C29H32N2O7S/c32-18-20-8-10-21(11-9-20)25-17-24(19-39-27-6-3-4-16-31(27)36)37-29(38-25)22-12-14-23(15-13-22)30-26(33)5-1-2-7-28(34)35/h3-4,6,8-16,24-25,29,32H,1-2,5,7,17-19H2,(H,30,33)(H,34,35). The maximum Gasteiger partial charge on any atom is 0.303 e. The van der Waals surface area contributed by atoms with Crippen molar-refractivity contribution in [2.24, 2.45) is 0 Å². The van der Waals surface area contributed by atoms with Gasteiger partial charge in [0.25, 0.3) is 5.03 Å². The number of rotatable bonds is 12. The van der Waals surface area contributed by atoms with Crippen molar-refractivity contribution in [3.8, 4) is 0 Å². The Kier molecular flexibility index (Phi) is 10.3. The summed E-state index contributed by atoms with van der Waals surface area (Å²) in [4.78, 5) is 22.8. The normalized spacial score (nSPS) is 18.9. The maximum atomic E-state index is 12.2. The summed E-state index contributed by atoms with van der Waals surface area (Å²) in [6.45, 7) is -0.0334. The lowest BCUT2D eigenvalue weighted by atomic mass is 10.0. The van der Waals surface area contributed by atoms with Gasteiger partial charge in [-0.25, -0.2) is 0 Å². The summed E-state index contributed by atoms with van der Waals surface area (Å²) < 4.78 is 13.5. The van der Waals surface area contributed by atoms with E-state index in [0.717, 1.165) is 21.4 Å². The summed E-state index contributed by atoms with van der Waals surface area (Å²) >= 11 is 1.43. The van der Waals surface area contributed by atoms with Crippen LogP contribution in [-0.2, 0) is 25.7 Å². The van der Waals surface area contributed by atoms with Gasteiger partial charge < -0.3 is 30.2 Å². The van der Waals surface area contributed by atoms with E-state index in [2.05, 4.69) is 5.32 Å². The van der Waals surface area contributed by atoms with E-state index in [1.165, 1.54) is 18.0 Å². The first-order valence-electron chi connectivity index (χ1n) is 12.8. The molecule has 2 heterocycles. The molecule has 1 amide bonds. The van der Waals surface area contributed by atoms with Crippen molar-refractivity contribution in [3.63, 3.8) is 0 Å². The number of benzene rings is 2. The molecule has 1 aliphatic heterocycles. The number of hydrogen-bond donors (Lipinski definition) is 3. The van der Waals surface area contributed by atoms with E-state index in [0.29, 0.717) is 35.7 Å². The molecular formula is C29H32N2O7S. The lowest BCUT2D eigenvalue weighted by molar-refractivity contribution is -0.645. The number of aliphatic carboxylic acids is 1. The molecule has 0 saturated carbocycles. The quantitative estimate of drug-likeness (QED) is 0.127. The van der Waals surface area contributed by atoms with Gasteiger partial charge in [0.15, 0.2) is 12.5 Å². The number of carbonyl (C=O) groups excluding carboxylic acids is 1. The van der Waals surface area contributed by atoms with Crippen LogP contribution in [0.5, 0.6) is 0 Å². The summed E-state index contributed by atoms with van der Waals surface area (Å²) in [6, 6.07) is 20.2. The minimum Gasteiger partial charge on any atom is -0.618 e. The van der Waals surface area contributed by atoms with Crippen LogP contribution < -0.4 is 10.0 Å². The van der Waals surface area contributed by atoms with Crippen LogP contribution in [0.15, 0.2) is 78.0 Å². The number of hydrogen-bond acceptors (Lipinski definition) is 7. The number of pyridine rings is 1. The topological polar surface area (TPSA) is 132 Å². The van der Waals surface area contributed by atoms with Gasteiger partial charge in [0.2, 0.25) is 5.91 Å². The van der Waals surface area contributed by atoms with Crippen LogP contribution in [0.3, 0.4) is 0 Å². The lowest BCUT2D eigenvalue weighted by Gasteiger charge is -2.36. The molecule has 1 aromatic heterocycles. The average molecular weight is 553 g/mol. The number of thioether (sulfide) groups is 1. The predicted octanol–water partition coefficient (Wildman–Crippen LogP) is 4.73. The average Bonchev–Trinajstić information content (AvgIpc) is 2.95. The second-order valence-corrected chi connectivity index (χ2v) is 10.3. The molecule has 0 bridgehead atoms. The fourth-order valence-corrected chi connectivity index (χ4v) is 5.17. The number of aliphatic hydroxyl groups is 1. The zero-order chi connectivity index (χ0) is 27.6. The van der Waals surface area contributed by atoms with E-state index in [-0.39, 0.29) is 37.6 Å². The molecule has 3 N–H and O–H groups in total. The van der Waals surface area contributed by atoms with Crippen LogP contribution in [0.1, 0.15) is 61.2 Å². The first-order chi connectivity index (χ1) is 18.9. The molecule has 10 heteroatoms. The molecule has 0 radical (unpaired) electrons. The van der Waals surface area contributed by atoms with Gasteiger partial charge in [-0.2, -0.15) is 4.73 Å². The third-order valence-corrected chi connectivity index (χ3v) is 7.48. The predicted molar refractivity (Wildman–Crippen MR) is 146 cm³/mol. The summed E-state index contributed by atoms with van der Waals surface area (Å²) in [7, 11) is 0. The fourth-order valence-electron chi connectivity index (χ4n) is 4.23. The Hall–Kier alpha value is -3.44. The molecule has 3 aromatic rings. The number of aliphatic hydroxyl groups excluding tert-OH is 1. The Labute approximate surface area is 231 Å². The van der Waals surface area contributed by atoms with Crippen molar-refractivity contribution >= 4 is 29.3 Å². The number of unbranched alkanes of at least 4 members (excludes halogenated alkanes) is 1. The van der Waals surface area contributed by atoms with Gasteiger partial charge in [0, 0.05) is 48.4 Å². The fraction of sp³-hybridized carbons (Fsp3) is 0.345. The highest BCUT2D eigenvalue weighted by molar-refractivity contribution is 7.99. The smallest absolute Gasteiger partial charge is 0.303 e. The number of ether oxygens (including phenoxy) is 2. The molecular weight excluding hydrogens is 520 g/mol. The van der Waals surface area contributed by atoms with Crippen LogP contribution in [0.2, 0.25) is 0 Å². The molecule has 4 rings (SSSR count). The minimum absolute atomic E-state index is 0.0334. The number of carboxylic acid groups (broad SMARTS) is 1. The molecule has 0 spiro atoms. The minimum atomic E-state index is -0.863. The summed E-state index contributed by atoms with van der Waals surface area (Å²) in [5.74, 6) is -0.469. The van der Waals surface area contributed by atoms with Crippen molar-refractivity contribution in [1.82, 2.24) is 0 Å². The van der Waals surface area contributed by atoms with Gasteiger partial charge in [-0.15, -0.1) is 0 Å². The van der Waals surface area contributed by atoms with Gasteiger partial charge in [0.05, 0.1) is 18.8 Å². The highest BCUT2D eigenvalue weighted by atomic mass is 32.2. The Balaban J connectivity index is 1.42. The molecule has 3 unspecified atom stereocenters. The second-order valence-electron chi connectivity index (χ2n) is 9.30. The molecule has 2 aromatic carbocycles. The second kappa shape index (κ2) is 14.1. The first-order valence-corrected chi connectivity index (χ1v) is 13.8. The van der Waals surface area contributed by atoms with Gasteiger partial charge in [-0.3, -0.25) is 9.59 Å². The molecule has 206 valence electrons. The van der Waals surface area contributed by atoms with Crippen molar-refractivity contribution < 1.29 is 34.0 Å². The molecule has 3 atom stereocenters. The van der Waals surface area contributed by atoms with Crippen molar-refractivity contribution in [2.45, 2.75) is 62.2 Å². The SMILES string of the molecule is O=C(O)CCCCC(=O)Nc1ccc(C2OC(CSc3cccc[n+]3[O-])CC(c3ccc(CO)cc3)O2)cc1. The number of aromatic nitrogens is 1. The maximum absolute atomic E-state index is 12.2. The van der Waals surface area contributed by atoms with E-state index in [1.54, 1.807) is 24.3 Å². The van der Waals surface area contributed by atoms with Gasteiger partial charge >= 0.3 is 5.97 Å². The van der Waals surface area contributed by atoms with Crippen molar-refractivity contribution in [3.05, 3.63) is 94.8 Å². The zero-order valence-corrected chi connectivity index (χ0v) is 22.2. The first kappa shape index (κ1) is 28.6. The molecule has 39 heavy (non-hydrogen) atoms. The van der Waals surface area contributed by atoms with Gasteiger partial charge in [0.1, 0.15) is 0 Å². The molecule has 1 saturated heterocycles. The monoisotopic (exact) mass is 552 g/mol. The van der Waals surface area contributed by atoms with E-state index >= 15 is 0 Å². The number of nitrogens with zero attached hydrogens (tertiary/aromatic N) is 1. The van der Waals surface area contributed by atoms with Crippen LogP contribution >= 0.6 is 11.8 Å². The molecule has 0 aliphatic carbocycles. The Morgan fingerprint density at radius 3 is 2.38 bits per heavy atom. The van der Waals surface area contributed by atoms with E-state index in [4.69, 9.17) is 14.6 Å². The zero-order valence-electron chi connectivity index (χ0n) is 21.4. The van der Waals surface area contributed by atoms with E-state index < -0.39 is 12.3 Å². The number of carboxylic acids is 1. The van der Waals surface area contributed by atoms with Crippen molar-refractivity contribution in [1.29, 1.82) is 0 Å². The third kappa shape index (κ3) is 8.52. The number of amides is 1. The van der Waals surface area contributed by atoms with Crippen LogP contribution in [0, 0.1) is 5.21 Å². The Morgan fingerprint density at radius 2 is 1.69 bits per heavy atom. The van der Waals surface area contributed by atoms with Crippen molar-refractivity contribution in [2.75, 3.05) is 11.1 Å². The molecule has 9 nitrogen and oxygen atoms in total. The highest BCUT2D eigenvalue weighted by Crippen LogP contribution is 2.39. The van der Waals surface area contributed by atoms with Crippen LogP contribution in [0.4, 0.5) is 5.69 Å². The van der Waals surface area contributed by atoms with Crippen LogP contribution in [-0.4, -0.2) is 33.9 Å². The van der Waals surface area contributed by atoms with Gasteiger partial charge in [-0.1, -0.05) is 48.2 Å². The van der Waals surface area contributed by atoms with E-state index in [9.17, 15) is 19.9 Å².